The third-order valence-electron chi connectivity index (χ3n) is 3.32. The SMILES string of the molecule is CCC(C)(C)C(=O)Nc1ccc(CN)c(C)c1. The molecule has 0 atom stereocenters. The van der Waals surface area contributed by atoms with Gasteiger partial charge in [-0.15, -0.1) is 0 Å². The number of carbonyl (C=O) groups excluding carboxylic acids is 1. The fourth-order valence-corrected chi connectivity index (χ4v) is 1.46. The van der Waals surface area contributed by atoms with Crippen molar-refractivity contribution in [3.8, 4) is 0 Å². The maximum absolute atomic E-state index is 12.0. The number of hydrogen-bond acceptors (Lipinski definition) is 2. The first-order valence-electron chi connectivity index (χ1n) is 6.01. The summed E-state index contributed by atoms with van der Waals surface area (Å²) in [5.74, 6) is 0.0555. The summed E-state index contributed by atoms with van der Waals surface area (Å²) in [4.78, 5) is 12.0. The Morgan fingerprint density at radius 1 is 1.41 bits per heavy atom. The highest BCUT2D eigenvalue weighted by atomic mass is 16.2. The molecule has 1 rings (SSSR count). The van der Waals surface area contributed by atoms with Crippen LogP contribution in [-0.4, -0.2) is 5.91 Å². The lowest BCUT2D eigenvalue weighted by molar-refractivity contribution is -0.124. The summed E-state index contributed by atoms with van der Waals surface area (Å²) in [5.41, 5.74) is 8.33. The summed E-state index contributed by atoms with van der Waals surface area (Å²) in [6.45, 7) is 8.44. The number of aryl methyl sites for hydroxylation is 1. The Labute approximate surface area is 103 Å². The van der Waals surface area contributed by atoms with Gasteiger partial charge in [0.1, 0.15) is 0 Å². The van der Waals surface area contributed by atoms with E-state index in [-0.39, 0.29) is 11.3 Å². The molecule has 1 aromatic carbocycles. The van der Waals surface area contributed by atoms with E-state index in [4.69, 9.17) is 5.73 Å². The van der Waals surface area contributed by atoms with Crippen molar-refractivity contribution >= 4 is 11.6 Å². The Morgan fingerprint density at radius 2 is 2.06 bits per heavy atom. The molecule has 0 unspecified atom stereocenters. The predicted octanol–water partition coefficient (Wildman–Crippen LogP) is 2.83. The summed E-state index contributed by atoms with van der Waals surface area (Å²) < 4.78 is 0. The first kappa shape index (κ1) is 13.7. The second-order valence-electron chi connectivity index (χ2n) is 5.04. The standard InChI is InChI=1S/C14H22N2O/c1-5-14(3,4)13(17)16-12-7-6-11(9-15)10(2)8-12/h6-8H,5,9,15H2,1-4H3,(H,16,17). The van der Waals surface area contributed by atoms with Crippen molar-refractivity contribution in [1.82, 2.24) is 0 Å². The van der Waals surface area contributed by atoms with E-state index >= 15 is 0 Å². The van der Waals surface area contributed by atoms with Gasteiger partial charge in [-0.3, -0.25) is 4.79 Å². The number of nitrogens with one attached hydrogen (secondary N) is 1. The molecule has 0 fully saturated rings. The number of carbonyl (C=O) groups is 1. The Balaban J connectivity index is 2.83. The molecule has 3 N–H and O–H groups in total. The Hall–Kier alpha value is -1.35. The molecule has 3 nitrogen and oxygen atoms in total. The van der Waals surface area contributed by atoms with Crippen molar-refractivity contribution in [3.63, 3.8) is 0 Å². The molecule has 1 amide bonds. The van der Waals surface area contributed by atoms with Crippen molar-refractivity contribution in [2.45, 2.75) is 40.7 Å². The normalized spacial score (nSPS) is 11.4. The van der Waals surface area contributed by atoms with E-state index in [1.165, 1.54) is 0 Å². The molecule has 1 aromatic rings. The van der Waals surface area contributed by atoms with Crippen LogP contribution in [0, 0.1) is 12.3 Å². The van der Waals surface area contributed by atoms with Crippen LogP contribution in [0.4, 0.5) is 5.69 Å². The average molecular weight is 234 g/mol. The third-order valence-corrected chi connectivity index (χ3v) is 3.32. The lowest BCUT2D eigenvalue weighted by atomic mass is 9.89. The van der Waals surface area contributed by atoms with Crippen LogP contribution in [0.3, 0.4) is 0 Å². The minimum atomic E-state index is -0.333. The van der Waals surface area contributed by atoms with Gasteiger partial charge in [-0.2, -0.15) is 0 Å². The quantitative estimate of drug-likeness (QED) is 0.841. The first-order valence-corrected chi connectivity index (χ1v) is 6.01. The van der Waals surface area contributed by atoms with Crippen LogP contribution in [0.1, 0.15) is 38.3 Å². The molecule has 0 radical (unpaired) electrons. The van der Waals surface area contributed by atoms with E-state index in [0.717, 1.165) is 23.2 Å². The van der Waals surface area contributed by atoms with Crippen LogP contribution in [-0.2, 0) is 11.3 Å². The maximum atomic E-state index is 12.0. The fourth-order valence-electron chi connectivity index (χ4n) is 1.46. The monoisotopic (exact) mass is 234 g/mol. The molecule has 0 saturated carbocycles. The van der Waals surface area contributed by atoms with Crippen molar-refractivity contribution in [2.24, 2.45) is 11.1 Å². The molecular formula is C14H22N2O. The number of rotatable bonds is 4. The first-order chi connectivity index (χ1) is 7.90. The molecule has 0 spiro atoms. The van der Waals surface area contributed by atoms with Crippen molar-refractivity contribution in [1.29, 1.82) is 0 Å². The fraction of sp³-hybridized carbons (Fsp3) is 0.500. The zero-order valence-electron chi connectivity index (χ0n) is 11.1. The highest BCUT2D eigenvalue weighted by molar-refractivity contribution is 5.94. The number of amides is 1. The minimum Gasteiger partial charge on any atom is -0.326 e. The smallest absolute Gasteiger partial charge is 0.230 e. The number of anilines is 1. The Morgan fingerprint density at radius 3 is 2.53 bits per heavy atom. The van der Waals surface area contributed by atoms with E-state index in [9.17, 15) is 4.79 Å². The highest BCUT2D eigenvalue weighted by Gasteiger charge is 2.25. The summed E-state index contributed by atoms with van der Waals surface area (Å²) in [6.07, 6.45) is 0.818. The van der Waals surface area contributed by atoms with Crippen LogP contribution in [0.5, 0.6) is 0 Å². The topological polar surface area (TPSA) is 55.1 Å². The van der Waals surface area contributed by atoms with E-state index in [1.54, 1.807) is 0 Å². The van der Waals surface area contributed by atoms with Crippen molar-refractivity contribution in [2.75, 3.05) is 5.32 Å². The molecule has 3 heteroatoms. The van der Waals surface area contributed by atoms with Crippen LogP contribution in [0.2, 0.25) is 0 Å². The van der Waals surface area contributed by atoms with Crippen LogP contribution < -0.4 is 11.1 Å². The second-order valence-corrected chi connectivity index (χ2v) is 5.04. The largest absolute Gasteiger partial charge is 0.326 e. The van der Waals surface area contributed by atoms with Crippen LogP contribution in [0.25, 0.3) is 0 Å². The summed E-state index contributed by atoms with van der Waals surface area (Å²) in [5, 5.41) is 2.95. The Kier molecular flexibility index (Phi) is 4.29. The molecule has 0 aliphatic rings. The highest BCUT2D eigenvalue weighted by Crippen LogP contribution is 2.23. The van der Waals surface area contributed by atoms with Gasteiger partial charge in [-0.25, -0.2) is 0 Å². The lowest BCUT2D eigenvalue weighted by Crippen LogP contribution is -2.30. The van der Waals surface area contributed by atoms with Crippen molar-refractivity contribution < 1.29 is 4.79 Å². The average Bonchev–Trinajstić information content (AvgIpc) is 2.29. The summed E-state index contributed by atoms with van der Waals surface area (Å²) in [6, 6.07) is 5.83. The molecular weight excluding hydrogens is 212 g/mol. The molecule has 17 heavy (non-hydrogen) atoms. The van der Waals surface area contributed by atoms with E-state index in [1.807, 2.05) is 45.9 Å². The van der Waals surface area contributed by atoms with Crippen LogP contribution >= 0.6 is 0 Å². The molecule has 0 heterocycles. The van der Waals surface area contributed by atoms with E-state index < -0.39 is 0 Å². The second kappa shape index (κ2) is 5.32. The predicted molar refractivity (Wildman–Crippen MR) is 71.8 cm³/mol. The van der Waals surface area contributed by atoms with Gasteiger partial charge in [0.25, 0.3) is 0 Å². The molecule has 0 saturated heterocycles. The van der Waals surface area contributed by atoms with Gasteiger partial charge in [-0.1, -0.05) is 26.8 Å². The number of benzene rings is 1. The van der Waals surface area contributed by atoms with Gasteiger partial charge in [0.2, 0.25) is 5.91 Å². The molecule has 0 aromatic heterocycles. The van der Waals surface area contributed by atoms with E-state index in [2.05, 4.69) is 5.32 Å². The van der Waals surface area contributed by atoms with Crippen molar-refractivity contribution in [3.05, 3.63) is 29.3 Å². The number of hydrogen-bond donors (Lipinski definition) is 2. The molecule has 0 aliphatic carbocycles. The lowest BCUT2D eigenvalue weighted by Gasteiger charge is -2.21. The van der Waals surface area contributed by atoms with Gasteiger partial charge < -0.3 is 11.1 Å². The molecule has 0 bridgehead atoms. The molecule has 0 aliphatic heterocycles. The Bertz CT molecular complexity index is 411. The van der Waals surface area contributed by atoms with Gasteiger partial charge in [-0.05, 0) is 36.6 Å². The van der Waals surface area contributed by atoms with Gasteiger partial charge in [0, 0.05) is 17.6 Å². The third kappa shape index (κ3) is 3.30. The minimum absolute atomic E-state index is 0.0555. The summed E-state index contributed by atoms with van der Waals surface area (Å²) >= 11 is 0. The maximum Gasteiger partial charge on any atom is 0.230 e. The zero-order valence-corrected chi connectivity index (χ0v) is 11.1. The van der Waals surface area contributed by atoms with Gasteiger partial charge >= 0.3 is 0 Å². The van der Waals surface area contributed by atoms with Gasteiger partial charge in [0.15, 0.2) is 0 Å². The number of nitrogens with two attached hydrogens (primary N) is 1. The summed E-state index contributed by atoms with van der Waals surface area (Å²) in [7, 11) is 0. The zero-order chi connectivity index (χ0) is 13.1. The van der Waals surface area contributed by atoms with Gasteiger partial charge in [0.05, 0.1) is 0 Å². The van der Waals surface area contributed by atoms with Crippen LogP contribution in [0.15, 0.2) is 18.2 Å². The molecule has 94 valence electrons. The van der Waals surface area contributed by atoms with E-state index in [0.29, 0.717) is 6.54 Å².